The molecular formula is C8H9F2NO2. The Hall–Kier alpha value is -1.23. The first-order chi connectivity index (χ1) is 6.13. The Morgan fingerprint density at radius 3 is 2.77 bits per heavy atom. The lowest BCUT2D eigenvalue weighted by molar-refractivity contribution is -0.0501. The first-order valence-corrected chi connectivity index (χ1v) is 3.64. The number of alkyl halides is 2. The number of aromatic nitrogens is 1. The van der Waals surface area contributed by atoms with Gasteiger partial charge in [-0.1, -0.05) is 0 Å². The maximum atomic E-state index is 11.7. The number of hydrogen-bond donors (Lipinski definition) is 1. The lowest BCUT2D eigenvalue weighted by Crippen LogP contribution is -2.03. The van der Waals surface area contributed by atoms with Gasteiger partial charge >= 0.3 is 6.61 Å². The van der Waals surface area contributed by atoms with Crippen LogP contribution in [0.25, 0.3) is 0 Å². The van der Waals surface area contributed by atoms with Crippen molar-refractivity contribution >= 4 is 0 Å². The van der Waals surface area contributed by atoms with Crippen molar-refractivity contribution in [2.45, 2.75) is 20.1 Å². The zero-order valence-corrected chi connectivity index (χ0v) is 7.00. The normalized spacial score (nSPS) is 10.5. The minimum absolute atomic E-state index is 0.00435. The van der Waals surface area contributed by atoms with Crippen molar-refractivity contribution in [2.24, 2.45) is 0 Å². The number of pyridine rings is 1. The van der Waals surface area contributed by atoms with Crippen LogP contribution in [0.2, 0.25) is 0 Å². The maximum absolute atomic E-state index is 11.7. The van der Waals surface area contributed by atoms with Crippen LogP contribution in [0.1, 0.15) is 11.3 Å². The molecule has 1 N–H and O–H groups in total. The van der Waals surface area contributed by atoms with Crippen LogP contribution in [-0.4, -0.2) is 16.7 Å². The van der Waals surface area contributed by atoms with E-state index in [1.54, 1.807) is 6.92 Å². The highest BCUT2D eigenvalue weighted by atomic mass is 19.3. The first-order valence-electron chi connectivity index (χ1n) is 3.64. The molecule has 0 aromatic carbocycles. The van der Waals surface area contributed by atoms with Gasteiger partial charge in [-0.05, 0) is 18.6 Å². The number of aliphatic hydroxyl groups excluding tert-OH is 1. The number of aryl methyl sites for hydroxylation is 1. The van der Waals surface area contributed by atoms with Gasteiger partial charge in [-0.2, -0.15) is 8.78 Å². The molecule has 0 spiro atoms. The van der Waals surface area contributed by atoms with Crippen LogP contribution in [0.15, 0.2) is 12.3 Å². The predicted octanol–water partition coefficient (Wildman–Crippen LogP) is 1.48. The fourth-order valence-corrected chi connectivity index (χ4v) is 0.910. The van der Waals surface area contributed by atoms with Gasteiger partial charge in [0.25, 0.3) is 0 Å². The van der Waals surface area contributed by atoms with Gasteiger partial charge in [-0.25, -0.2) is 0 Å². The number of aliphatic hydroxyl groups is 1. The second-order valence-electron chi connectivity index (χ2n) is 2.47. The standard InChI is InChI=1S/C8H9F2NO2/c1-5-2-6(13-8(9)10)3-11-7(5)4-12/h2-3,8,12H,4H2,1H3. The highest BCUT2D eigenvalue weighted by Crippen LogP contribution is 2.16. The largest absolute Gasteiger partial charge is 0.433 e. The molecule has 3 nitrogen and oxygen atoms in total. The Kier molecular flexibility index (Phi) is 3.13. The lowest BCUT2D eigenvalue weighted by atomic mass is 10.2. The summed E-state index contributed by atoms with van der Waals surface area (Å²) in [5, 5.41) is 8.74. The van der Waals surface area contributed by atoms with E-state index >= 15 is 0 Å². The molecule has 5 heteroatoms. The Bertz CT molecular complexity index is 291. The third-order valence-electron chi connectivity index (χ3n) is 1.54. The Labute approximate surface area is 74.0 Å². The highest BCUT2D eigenvalue weighted by Gasteiger charge is 2.06. The third kappa shape index (κ3) is 2.62. The Morgan fingerprint density at radius 1 is 1.62 bits per heavy atom. The van der Waals surface area contributed by atoms with Gasteiger partial charge in [-0.3, -0.25) is 4.98 Å². The quantitative estimate of drug-likeness (QED) is 0.783. The predicted molar refractivity (Wildman–Crippen MR) is 41.5 cm³/mol. The van der Waals surface area contributed by atoms with E-state index in [1.807, 2.05) is 0 Å². The summed E-state index contributed by atoms with van der Waals surface area (Å²) in [5.41, 5.74) is 1.09. The van der Waals surface area contributed by atoms with Crippen LogP contribution in [0, 0.1) is 6.92 Å². The summed E-state index contributed by atoms with van der Waals surface area (Å²) in [6.45, 7) is -1.39. The van der Waals surface area contributed by atoms with Gasteiger partial charge < -0.3 is 9.84 Å². The van der Waals surface area contributed by atoms with E-state index in [0.717, 1.165) is 6.20 Å². The summed E-state index contributed by atoms with van der Waals surface area (Å²) >= 11 is 0. The van der Waals surface area contributed by atoms with Crippen LogP contribution in [0.5, 0.6) is 5.75 Å². The summed E-state index contributed by atoms with van der Waals surface area (Å²) in [6, 6.07) is 1.41. The molecular weight excluding hydrogens is 180 g/mol. The smallest absolute Gasteiger partial charge is 0.387 e. The summed E-state index contributed by atoms with van der Waals surface area (Å²) in [4.78, 5) is 3.74. The van der Waals surface area contributed by atoms with E-state index in [2.05, 4.69) is 9.72 Å². The first kappa shape index (κ1) is 9.85. The van der Waals surface area contributed by atoms with E-state index in [9.17, 15) is 8.78 Å². The minimum atomic E-state index is -2.85. The fourth-order valence-electron chi connectivity index (χ4n) is 0.910. The van der Waals surface area contributed by atoms with Crippen molar-refractivity contribution < 1.29 is 18.6 Å². The van der Waals surface area contributed by atoms with Gasteiger partial charge in [0.15, 0.2) is 0 Å². The zero-order chi connectivity index (χ0) is 9.84. The third-order valence-corrected chi connectivity index (χ3v) is 1.54. The van der Waals surface area contributed by atoms with E-state index in [4.69, 9.17) is 5.11 Å². The van der Waals surface area contributed by atoms with Crippen LogP contribution in [0.4, 0.5) is 8.78 Å². The number of nitrogens with zero attached hydrogens (tertiary/aromatic N) is 1. The molecule has 0 aliphatic heterocycles. The fraction of sp³-hybridized carbons (Fsp3) is 0.375. The molecule has 13 heavy (non-hydrogen) atoms. The molecule has 0 aliphatic carbocycles. The molecule has 72 valence electrons. The van der Waals surface area contributed by atoms with Gasteiger partial charge in [0.1, 0.15) is 5.75 Å². The van der Waals surface area contributed by atoms with Crippen molar-refractivity contribution in [3.8, 4) is 5.75 Å². The Balaban J connectivity index is 2.83. The molecule has 1 rings (SSSR count). The monoisotopic (exact) mass is 189 g/mol. The molecule has 0 amide bonds. The maximum Gasteiger partial charge on any atom is 0.387 e. The number of hydrogen-bond acceptors (Lipinski definition) is 3. The van der Waals surface area contributed by atoms with Crippen molar-refractivity contribution in [1.29, 1.82) is 0 Å². The van der Waals surface area contributed by atoms with Gasteiger partial charge in [0.2, 0.25) is 0 Å². The number of rotatable bonds is 3. The summed E-state index contributed by atoms with van der Waals surface area (Å²) in [5.74, 6) is 0.00435. The van der Waals surface area contributed by atoms with E-state index in [-0.39, 0.29) is 12.4 Å². The molecule has 1 aromatic rings. The van der Waals surface area contributed by atoms with Crippen LogP contribution in [-0.2, 0) is 6.61 Å². The molecule has 0 atom stereocenters. The van der Waals surface area contributed by atoms with Crippen LogP contribution >= 0.6 is 0 Å². The van der Waals surface area contributed by atoms with E-state index < -0.39 is 6.61 Å². The van der Waals surface area contributed by atoms with Gasteiger partial charge in [-0.15, -0.1) is 0 Å². The molecule has 0 fully saturated rings. The highest BCUT2D eigenvalue weighted by molar-refractivity contribution is 5.27. The zero-order valence-electron chi connectivity index (χ0n) is 7.00. The number of halogens is 2. The van der Waals surface area contributed by atoms with Gasteiger partial charge in [0, 0.05) is 0 Å². The van der Waals surface area contributed by atoms with Crippen molar-refractivity contribution in [1.82, 2.24) is 4.98 Å². The van der Waals surface area contributed by atoms with E-state index in [0.29, 0.717) is 11.3 Å². The summed E-state index contributed by atoms with van der Waals surface area (Å²) < 4.78 is 27.6. The second-order valence-corrected chi connectivity index (χ2v) is 2.47. The Morgan fingerprint density at radius 2 is 2.31 bits per heavy atom. The summed E-state index contributed by atoms with van der Waals surface area (Å²) in [7, 11) is 0. The average Bonchev–Trinajstić information content (AvgIpc) is 2.03. The topological polar surface area (TPSA) is 42.4 Å². The summed E-state index contributed by atoms with van der Waals surface area (Å²) in [6.07, 6.45) is 1.16. The molecule has 0 bridgehead atoms. The molecule has 0 saturated carbocycles. The van der Waals surface area contributed by atoms with Crippen molar-refractivity contribution in [2.75, 3.05) is 0 Å². The minimum Gasteiger partial charge on any atom is -0.433 e. The van der Waals surface area contributed by atoms with Crippen molar-refractivity contribution in [3.05, 3.63) is 23.5 Å². The van der Waals surface area contributed by atoms with Crippen molar-refractivity contribution in [3.63, 3.8) is 0 Å². The molecule has 0 radical (unpaired) electrons. The molecule has 1 aromatic heterocycles. The molecule has 0 unspecified atom stereocenters. The van der Waals surface area contributed by atoms with Crippen LogP contribution < -0.4 is 4.74 Å². The average molecular weight is 189 g/mol. The molecule has 0 saturated heterocycles. The SMILES string of the molecule is Cc1cc(OC(F)F)cnc1CO. The molecule has 1 heterocycles. The van der Waals surface area contributed by atoms with Crippen LogP contribution in [0.3, 0.4) is 0 Å². The molecule has 0 aliphatic rings. The number of ether oxygens (including phenoxy) is 1. The lowest BCUT2D eigenvalue weighted by Gasteiger charge is -2.06. The second kappa shape index (κ2) is 4.13. The van der Waals surface area contributed by atoms with Gasteiger partial charge in [0.05, 0.1) is 18.5 Å². The van der Waals surface area contributed by atoms with E-state index in [1.165, 1.54) is 6.07 Å².